The predicted molar refractivity (Wildman–Crippen MR) is 42.3 cm³/mol. The maximum Gasteiger partial charge on any atom is 0.324 e. The molecule has 0 atom stereocenters. The van der Waals surface area contributed by atoms with Crippen molar-refractivity contribution < 1.29 is 14.8 Å². The molecule has 0 saturated carbocycles. The normalized spacial score (nSPS) is 9.67. The molecule has 0 amide bonds. The van der Waals surface area contributed by atoms with E-state index in [1.807, 2.05) is 0 Å². The van der Waals surface area contributed by atoms with Crippen molar-refractivity contribution >= 4 is 22.3 Å². The summed E-state index contributed by atoms with van der Waals surface area (Å²) in [4.78, 5) is 19.8. The van der Waals surface area contributed by atoms with Crippen molar-refractivity contribution in [1.29, 1.82) is 0 Å². The number of thiophene rings is 1. The fraction of sp³-hybridized carbons (Fsp3) is 0.167. The van der Waals surface area contributed by atoms with Gasteiger partial charge in [-0.2, -0.15) is 0 Å². The molecule has 0 saturated heterocycles. The lowest BCUT2D eigenvalue weighted by molar-refractivity contribution is -0.380. The molecule has 0 unspecified atom stereocenters. The minimum absolute atomic E-state index is 0.0220. The van der Waals surface area contributed by atoms with E-state index in [0.717, 1.165) is 11.3 Å². The van der Waals surface area contributed by atoms with Gasteiger partial charge in [0.25, 0.3) is 0 Å². The Kier molecular flexibility index (Phi) is 2.39. The predicted octanol–water partition coefficient (Wildman–Crippen LogP) is 1.28. The average Bonchev–Trinajstić information content (AvgIpc) is 2.34. The van der Waals surface area contributed by atoms with Gasteiger partial charge in [-0.15, -0.1) is 0 Å². The Morgan fingerprint density at radius 2 is 2.42 bits per heavy atom. The third-order valence-corrected chi connectivity index (χ3v) is 2.10. The molecule has 12 heavy (non-hydrogen) atoms. The van der Waals surface area contributed by atoms with Gasteiger partial charge >= 0.3 is 11.0 Å². The Balaban J connectivity index is 2.77. The number of nitrogens with zero attached hydrogens (tertiary/aromatic N) is 1. The lowest BCUT2D eigenvalue weighted by Gasteiger charge is -1.85. The van der Waals surface area contributed by atoms with Gasteiger partial charge in [0.1, 0.15) is 0 Å². The first-order valence-electron chi connectivity index (χ1n) is 3.03. The van der Waals surface area contributed by atoms with Gasteiger partial charge in [0.15, 0.2) is 0 Å². The van der Waals surface area contributed by atoms with Gasteiger partial charge in [-0.05, 0) is 5.56 Å². The Morgan fingerprint density at radius 1 is 1.75 bits per heavy atom. The van der Waals surface area contributed by atoms with Crippen molar-refractivity contribution in [2.24, 2.45) is 0 Å². The van der Waals surface area contributed by atoms with Crippen LogP contribution in [0.4, 0.5) is 5.00 Å². The molecule has 64 valence electrons. The first-order chi connectivity index (χ1) is 5.59. The maximum absolute atomic E-state index is 10.2. The molecule has 0 radical (unpaired) electrons. The highest BCUT2D eigenvalue weighted by Crippen LogP contribution is 2.22. The maximum atomic E-state index is 10.2. The van der Waals surface area contributed by atoms with E-state index in [2.05, 4.69) is 0 Å². The van der Waals surface area contributed by atoms with Gasteiger partial charge in [0.2, 0.25) is 0 Å². The number of carbonyl (C=O) groups is 1. The lowest BCUT2D eigenvalue weighted by Crippen LogP contribution is -1.97. The van der Waals surface area contributed by atoms with Gasteiger partial charge in [-0.1, -0.05) is 11.3 Å². The number of carboxylic acids is 1. The second kappa shape index (κ2) is 3.31. The summed E-state index contributed by atoms with van der Waals surface area (Å²) >= 11 is 0.937. The summed E-state index contributed by atoms with van der Waals surface area (Å²) in [6.07, 6.45) is -0.162. The zero-order chi connectivity index (χ0) is 9.14. The van der Waals surface area contributed by atoms with Crippen molar-refractivity contribution in [2.75, 3.05) is 0 Å². The van der Waals surface area contributed by atoms with Crippen LogP contribution < -0.4 is 0 Å². The highest BCUT2D eigenvalue weighted by atomic mass is 32.1. The third kappa shape index (κ3) is 2.03. The number of aliphatic carboxylic acids is 1. The number of hydrogen-bond donors (Lipinski definition) is 1. The lowest BCUT2D eigenvalue weighted by atomic mass is 10.2. The van der Waals surface area contributed by atoms with Crippen LogP contribution in [0.25, 0.3) is 0 Å². The Bertz CT molecular complexity index is 319. The third-order valence-electron chi connectivity index (χ3n) is 1.18. The molecule has 6 heteroatoms. The van der Waals surface area contributed by atoms with Gasteiger partial charge in [0, 0.05) is 11.4 Å². The smallest absolute Gasteiger partial charge is 0.324 e. The first kappa shape index (κ1) is 8.66. The molecule has 1 heterocycles. The molecule has 0 spiro atoms. The van der Waals surface area contributed by atoms with Crippen molar-refractivity contribution in [3.8, 4) is 0 Å². The molecule has 1 aromatic rings. The fourth-order valence-electron chi connectivity index (χ4n) is 0.726. The highest BCUT2D eigenvalue weighted by molar-refractivity contribution is 7.13. The van der Waals surface area contributed by atoms with Crippen molar-refractivity contribution in [2.45, 2.75) is 6.42 Å². The molecule has 5 nitrogen and oxygen atoms in total. The zero-order valence-electron chi connectivity index (χ0n) is 5.89. The SMILES string of the molecule is O=C(O)Cc1csc([N+](=O)[O-])c1. The summed E-state index contributed by atoms with van der Waals surface area (Å²) in [7, 11) is 0. The Hall–Kier alpha value is -1.43. The second-order valence-corrected chi connectivity index (χ2v) is 3.01. The van der Waals surface area contributed by atoms with Crippen molar-refractivity contribution in [3.05, 3.63) is 27.1 Å². The molecule has 1 N–H and O–H groups in total. The molecular weight excluding hydrogens is 182 g/mol. The minimum atomic E-state index is -0.984. The van der Waals surface area contributed by atoms with Crippen LogP contribution in [0.3, 0.4) is 0 Å². The summed E-state index contributed by atoms with van der Waals surface area (Å²) in [5.41, 5.74) is 0.471. The van der Waals surface area contributed by atoms with Crippen LogP contribution in [0, 0.1) is 10.1 Å². The molecule has 0 aliphatic heterocycles. The largest absolute Gasteiger partial charge is 0.481 e. The van der Waals surface area contributed by atoms with Crippen LogP contribution in [0.5, 0.6) is 0 Å². The van der Waals surface area contributed by atoms with Gasteiger partial charge in [0.05, 0.1) is 11.3 Å². The number of carboxylic acid groups (broad SMARTS) is 1. The summed E-state index contributed by atoms with van der Waals surface area (Å²) in [6.45, 7) is 0. The van der Waals surface area contributed by atoms with Crippen LogP contribution >= 0.6 is 11.3 Å². The minimum Gasteiger partial charge on any atom is -0.481 e. The Labute approximate surface area is 71.4 Å². The van der Waals surface area contributed by atoms with Crippen molar-refractivity contribution in [3.63, 3.8) is 0 Å². The summed E-state index contributed by atoms with van der Waals surface area (Å²) in [5, 5.41) is 20.0. The fourth-order valence-corrected chi connectivity index (χ4v) is 1.45. The monoisotopic (exact) mass is 187 g/mol. The molecule has 0 aliphatic rings. The molecule has 0 bridgehead atoms. The van der Waals surface area contributed by atoms with Crippen LogP contribution in [0.1, 0.15) is 5.56 Å². The first-order valence-corrected chi connectivity index (χ1v) is 3.91. The van der Waals surface area contributed by atoms with Crippen LogP contribution in [-0.2, 0) is 11.2 Å². The molecule has 0 fully saturated rings. The van der Waals surface area contributed by atoms with E-state index in [-0.39, 0.29) is 11.4 Å². The van der Waals surface area contributed by atoms with Gasteiger partial charge in [-0.3, -0.25) is 14.9 Å². The summed E-state index contributed by atoms with van der Waals surface area (Å²) in [5.74, 6) is -0.984. The average molecular weight is 187 g/mol. The quantitative estimate of drug-likeness (QED) is 0.571. The molecule has 1 rings (SSSR count). The zero-order valence-corrected chi connectivity index (χ0v) is 6.71. The van der Waals surface area contributed by atoms with Crippen LogP contribution in [0.2, 0.25) is 0 Å². The number of nitro groups is 1. The van der Waals surface area contributed by atoms with E-state index < -0.39 is 10.9 Å². The van der Waals surface area contributed by atoms with E-state index in [4.69, 9.17) is 5.11 Å². The molecule has 0 aromatic carbocycles. The van der Waals surface area contributed by atoms with E-state index in [0.29, 0.717) is 5.56 Å². The van der Waals surface area contributed by atoms with Crippen LogP contribution in [0.15, 0.2) is 11.4 Å². The second-order valence-electron chi connectivity index (χ2n) is 2.12. The molecule has 0 aliphatic carbocycles. The molecular formula is C6H5NO4S. The van der Waals surface area contributed by atoms with Crippen LogP contribution in [-0.4, -0.2) is 16.0 Å². The van der Waals surface area contributed by atoms with Gasteiger partial charge in [-0.25, -0.2) is 0 Å². The standard InChI is InChI=1S/C6H5NO4S/c8-6(9)2-4-1-5(7(10)11)12-3-4/h1,3H,2H2,(H,8,9). The van der Waals surface area contributed by atoms with Gasteiger partial charge < -0.3 is 5.11 Å². The van der Waals surface area contributed by atoms with E-state index in [1.54, 1.807) is 0 Å². The van der Waals surface area contributed by atoms with Crippen molar-refractivity contribution in [1.82, 2.24) is 0 Å². The van der Waals surface area contributed by atoms with E-state index in [9.17, 15) is 14.9 Å². The summed E-state index contributed by atoms with van der Waals surface area (Å²) < 4.78 is 0. The highest BCUT2D eigenvalue weighted by Gasteiger charge is 2.10. The van der Waals surface area contributed by atoms with E-state index in [1.165, 1.54) is 11.4 Å². The van der Waals surface area contributed by atoms with E-state index >= 15 is 0 Å². The number of hydrogen-bond acceptors (Lipinski definition) is 4. The number of rotatable bonds is 3. The molecule has 1 aromatic heterocycles. The topological polar surface area (TPSA) is 80.4 Å². The Morgan fingerprint density at radius 3 is 2.83 bits per heavy atom. The summed E-state index contributed by atoms with van der Waals surface area (Å²) in [6, 6.07) is 1.28.